The van der Waals surface area contributed by atoms with Gasteiger partial charge in [0.2, 0.25) is 0 Å². The number of rotatable bonds is 7. The lowest BCUT2D eigenvalue weighted by molar-refractivity contribution is 0.141. The molecule has 2 heterocycles. The van der Waals surface area contributed by atoms with Crippen molar-refractivity contribution in [3.8, 4) is 5.75 Å². The van der Waals surface area contributed by atoms with Gasteiger partial charge in [-0.25, -0.2) is 0 Å². The van der Waals surface area contributed by atoms with E-state index >= 15 is 0 Å². The van der Waals surface area contributed by atoms with Crippen LogP contribution in [0.15, 0.2) is 29.3 Å². The fraction of sp³-hybridized carbons (Fsp3) is 0.632. The van der Waals surface area contributed by atoms with Crippen molar-refractivity contribution in [3.63, 3.8) is 0 Å². The van der Waals surface area contributed by atoms with Gasteiger partial charge in [0.1, 0.15) is 11.9 Å². The zero-order chi connectivity index (χ0) is 17.5. The third-order valence-electron chi connectivity index (χ3n) is 5.02. The van der Waals surface area contributed by atoms with E-state index in [2.05, 4.69) is 32.7 Å². The average molecular weight is 346 g/mol. The van der Waals surface area contributed by atoms with Gasteiger partial charge in [0.15, 0.2) is 5.96 Å². The van der Waals surface area contributed by atoms with E-state index in [0.717, 1.165) is 50.9 Å². The van der Waals surface area contributed by atoms with Crippen molar-refractivity contribution < 1.29 is 9.47 Å². The predicted octanol–water partition coefficient (Wildman–Crippen LogP) is 1.27. The highest BCUT2D eigenvalue weighted by atomic mass is 16.5. The molecule has 0 bridgehead atoms. The molecule has 0 spiro atoms. The first kappa shape index (κ1) is 18.0. The molecule has 138 valence electrons. The highest BCUT2D eigenvalue weighted by molar-refractivity contribution is 5.79. The molecule has 25 heavy (non-hydrogen) atoms. The number of likely N-dealkylation sites (tertiary alicyclic amines) is 1. The smallest absolute Gasteiger partial charge is 0.191 e. The molecule has 0 aromatic heterocycles. The van der Waals surface area contributed by atoms with Crippen LogP contribution in [0, 0.1) is 0 Å². The molecule has 1 fully saturated rings. The van der Waals surface area contributed by atoms with E-state index in [1.54, 1.807) is 7.11 Å². The molecule has 0 aliphatic carbocycles. The lowest BCUT2D eigenvalue weighted by atomic mass is 10.1. The molecule has 2 unspecified atom stereocenters. The van der Waals surface area contributed by atoms with Crippen LogP contribution in [0.25, 0.3) is 0 Å². The second-order valence-electron chi connectivity index (χ2n) is 6.71. The minimum Gasteiger partial charge on any atom is -0.488 e. The maximum absolute atomic E-state index is 5.97. The van der Waals surface area contributed by atoms with Gasteiger partial charge in [-0.05, 0) is 31.0 Å². The summed E-state index contributed by atoms with van der Waals surface area (Å²) in [5, 5.41) is 6.86. The zero-order valence-corrected chi connectivity index (χ0v) is 15.3. The van der Waals surface area contributed by atoms with Crippen LogP contribution in [-0.2, 0) is 11.2 Å². The van der Waals surface area contributed by atoms with Crippen molar-refractivity contribution in [3.05, 3.63) is 29.8 Å². The van der Waals surface area contributed by atoms with Gasteiger partial charge in [0.25, 0.3) is 0 Å². The van der Waals surface area contributed by atoms with Crippen molar-refractivity contribution in [2.24, 2.45) is 4.99 Å². The Balaban J connectivity index is 1.40. The Bertz CT molecular complexity index is 553. The summed E-state index contributed by atoms with van der Waals surface area (Å²) in [5.41, 5.74) is 1.29. The largest absolute Gasteiger partial charge is 0.488 e. The molecule has 1 aromatic rings. The van der Waals surface area contributed by atoms with Gasteiger partial charge >= 0.3 is 0 Å². The van der Waals surface area contributed by atoms with Gasteiger partial charge in [0, 0.05) is 39.7 Å². The van der Waals surface area contributed by atoms with Crippen LogP contribution in [0.1, 0.15) is 18.4 Å². The molecule has 2 N–H and O–H groups in total. The van der Waals surface area contributed by atoms with Gasteiger partial charge in [0.05, 0.1) is 13.2 Å². The maximum Gasteiger partial charge on any atom is 0.191 e. The first-order chi connectivity index (χ1) is 12.3. The molecule has 6 heteroatoms. The number of aliphatic imine (C=N–C) groups is 1. The number of nitrogens with one attached hydrogen (secondary N) is 2. The van der Waals surface area contributed by atoms with Gasteiger partial charge in [-0.3, -0.25) is 9.89 Å². The lowest BCUT2D eigenvalue weighted by Gasteiger charge is -2.25. The van der Waals surface area contributed by atoms with Crippen LogP contribution in [0.4, 0.5) is 0 Å². The second kappa shape index (κ2) is 9.06. The predicted molar refractivity (Wildman–Crippen MR) is 100 cm³/mol. The van der Waals surface area contributed by atoms with E-state index in [-0.39, 0.29) is 6.10 Å². The highest BCUT2D eigenvalue weighted by Crippen LogP contribution is 2.27. The van der Waals surface area contributed by atoms with Crippen molar-refractivity contribution in [1.29, 1.82) is 0 Å². The topological polar surface area (TPSA) is 58.1 Å². The number of para-hydroxylation sites is 1. The van der Waals surface area contributed by atoms with E-state index < -0.39 is 0 Å². The van der Waals surface area contributed by atoms with Crippen molar-refractivity contribution in [1.82, 2.24) is 15.5 Å². The summed E-state index contributed by atoms with van der Waals surface area (Å²) in [6.45, 7) is 4.63. The molecular formula is C19H30N4O2. The standard InChI is InChI=1S/C19H30N4O2/c1-20-19(21-13-16-7-5-9-23(16)10-11-24-2)22-14-17-12-15-6-3-4-8-18(15)25-17/h3-4,6,8,16-17H,5,7,9-14H2,1-2H3,(H2,20,21,22). The first-order valence-electron chi connectivity index (χ1n) is 9.22. The Morgan fingerprint density at radius 3 is 2.96 bits per heavy atom. The van der Waals surface area contributed by atoms with Crippen molar-refractivity contribution in [2.75, 3.05) is 46.9 Å². The summed E-state index contributed by atoms with van der Waals surface area (Å²) < 4.78 is 11.2. The molecule has 1 aromatic carbocycles. The Kier molecular flexibility index (Phi) is 6.53. The maximum atomic E-state index is 5.97. The molecule has 2 aliphatic rings. The molecule has 0 radical (unpaired) electrons. The number of hydrogen-bond acceptors (Lipinski definition) is 4. The summed E-state index contributed by atoms with van der Waals surface area (Å²) in [4.78, 5) is 6.84. The fourth-order valence-electron chi connectivity index (χ4n) is 3.64. The quantitative estimate of drug-likeness (QED) is 0.575. The number of fused-ring (bicyclic) bond motifs is 1. The number of methoxy groups -OCH3 is 1. The van der Waals surface area contributed by atoms with E-state index in [9.17, 15) is 0 Å². The third kappa shape index (κ3) is 4.86. The number of guanidine groups is 1. The lowest BCUT2D eigenvalue weighted by Crippen LogP contribution is -2.47. The normalized spacial score (nSPS) is 23.4. The van der Waals surface area contributed by atoms with Gasteiger partial charge < -0.3 is 20.1 Å². The van der Waals surface area contributed by atoms with E-state index in [0.29, 0.717) is 6.04 Å². The minimum absolute atomic E-state index is 0.167. The monoisotopic (exact) mass is 346 g/mol. The molecule has 2 aliphatic heterocycles. The van der Waals surface area contributed by atoms with Crippen LogP contribution in [-0.4, -0.2) is 69.9 Å². The Hall–Kier alpha value is -1.79. The van der Waals surface area contributed by atoms with Crippen molar-refractivity contribution in [2.45, 2.75) is 31.4 Å². The van der Waals surface area contributed by atoms with E-state index in [1.165, 1.54) is 18.4 Å². The molecule has 0 saturated carbocycles. The third-order valence-corrected chi connectivity index (χ3v) is 5.02. The Morgan fingerprint density at radius 2 is 2.16 bits per heavy atom. The van der Waals surface area contributed by atoms with Crippen LogP contribution in [0.2, 0.25) is 0 Å². The summed E-state index contributed by atoms with van der Waals surface area (Å²) in [5.74, 6) is 1.86. The SMILES string of the molecule is CN=C(NCC1Cc2ccccc2O1)NCC1CCCN1CCOC. The molecular weight excluding hydrogens is 316 g/mol. The number of benzene rings is 1. The Labute approximate surface area is 150 Å². The van der Waals surface area contributed by atoms with Crippen LogP contribution in [0.3, 0.4) is 0 Å². The molecule has 6 nitrogen and oxygen atoms in total. The molecule has 0 amide bonds. The summed E-state index contributed by atoms with van der Waals surface area (Å²) in [7, 11) is 3.58. The average Bonchev–Trinajstić information content (AvgIpc) is 3.26. The minimum atomic E-state index is 0.167. The van der Waals surface area contributed by atoms with Crippen LogP contribution < -0.4 is 15.4 Å². The van der Waals surface area contributed by atoms with Crippen molar-refractivity contribution >= 4 is 5.96 Å². The molecule has 1 saturated heterocycles. The molecule has 3 rings (SSSR count). The number of ether oxygens (including phenoxy) is 2. The van der Waals surface area contributed by atoms with E-state index in [4.69, 9.17) is 9.47 Å². The fourth-order valence-corrected chi connectivity index (χ4v) is 3.64. The highest BCUT2D eigenvalue weighted by Gasteiger charge is 2.25. The summed E-state index contributed by atoms with van der Waals surface area (Å²) in [6.07, 6.45) is 3.61. The summed E-state index contributed by atoms with van der Waals surface area (Å²) >= 11 is 0. The second-order valence-corrected chi connectivity index (χ2v) is 6.71. The van der Waals surface area contributed by atoms with Gasteiger partial charge in [-0.2, -0.15) is 0 Å². The number of nitrogens with zero attached hydrogens (tertiary/aromatic N) is 2. The Morgan fingerprint density at radius 1 is 1.32 bits per heavy atom. The first-order valence-corrected chi connectivity index (χ1v) is 9.22. The van der Waals surface area contributed by atoms with Crippen LogP contribution in [0.5, 0.6) is 5.75 Å². The number of hydrogen-bond donors (Lipinski definition) is 2. The van der Waals surface area contributed by atoms with E-state index in [1.807, 2.05) is 19.2 Å². The molecule has 2 atom stereocenters. The summed E-state index contributed by atoms with van der Waals surface area (Å²) in [6, 6.07) is 8.82. The van der Waals surface area contributed by atoms with Gasteiger partial charge in [-0.15, -0.1) is 0 Å². The van der Waals surface area contributed by atoms with Gasteiger partial charge in [-0.1, -0.05) is 18.2 Å². The zero-order valence-electron chi connectivity index (χ0n) is 15.3. The van der Waals surface area contributed by atoms with Crippen LogP contribution >= 0.6 is 0 Å².